The summed E-state index contributed by atoms with van der Waals surface area (Å²) in [5, 5.41) is -0.662. The first-order chi connectivity index (χ1) is 14.6. The summed E-state index contributed by atoms with van der Waals surface area (Å²) in [6.07, 6.45) is -4.83. The van der Waals surface area contributed by atoms with Crippen molar-refractivity contribution in [1.82, 2.24) is 9.97 Å². The van der Waals surface area contributed by atoms with Crippen LogP contribution >= 0.6 is 23.4 Å². The van der Waals surface area contributed by atoms with Crippen LogP contribution in [0.2, 0.25) is 5.02 Å². The van der Waals surface area contributed by atoms with Crippen LogP contribution in [0.4, 0.5) is 26.3 Å². The van der Waals surface area contributed by atoms with Crippen molar-refractivity contribution in [3.05, 3.63) is 45.1 Å². The lowest BCUT2D eigenvalue weighted by atomic mass is 9.94. The zero-order chi connectivity index (χ0) is 24.1. The fraction of sp³-hybridized carbons (Fsp3) is 0.412. The molecule has 1 aromatic heterocycles. The van der Waals surface area contributed by atoms with Gasteiger partial charge in [0.2, 0.25) is 5.88 Å². The molecule has 3 rings (SSSR count). The summed E-state index contributed by atoms with van der Waals surface area (Å²) in [4.78, 5) is 7.75. The molecule has 0 bridgehead atoms. The zero-order valence-corrected chi connectivity index (χ0v) is 18.5. The van der Waals surface area contributed by atoms with Crippen molar-refractivity contribution in [3.8, 4) is 5.88 Å². The second kappa shape index (κ2) is 8.54. The molecule has 6 nitrogen and oxygen atoms in total. The Hall–Kier alpha value is -1.77. The van der Waals surface area contributed by atoms with Crippen LogP contribution in [0.3, 0.4) is 0 Å². The molecule has 1 aromatic carbocycles. The zero-order valence-electron chi connectivity index (χ0n) is 16.1. The van der Waals surface area contributed by atoms with Gasteiger partial charge in [0.15, 0.2) is 5.16 Å². The molecule has 15 heteroatoms. The summed E-state index contributed by atoms with van der Waals surface area (Å²) in [7, 11) is -6.03. The van der Waals surface area contributed by atoms with Crippen molar-refractivity contribution in [2.45, 2.75) is 42.9 Å². The maximum absolute atomic E-state index is 13.6. The van der Waals surface area contributed by atoms with Gasteiger partial charge >= 0.3 is 21.8 Å². The van der Waals surface area contributed by atoms with Gasteiger partial charge in [0, 0.05) is 6.42 Å². The van der Waals surface area contributed by atoms with Gasteiger partial charge in [0.05, 0.1) is 34.6 Å². The number of hydrogen-bond acceptors (Lipinski definition) is 7. The molecule has 0 aliphatic carbocycles. The van der Waals surface area contributed by atoms with Gasteiger partial charge in [-0.3, -0.25) is 0 Å². The molecule has 32 heavy (non-hydrogen) atoms. The molecule has 1 atom stereocenters. The topological polar surface area (TPSA) is 78.4 Å². The first-order valence-corrected chi connectivity index (χ1v) is 11.6. The number of alkyl halides is 6. The number of thioether (sulfide) groups is 1. The summed E-state index contributed by atoms with van der Waals surface area (Å²) in [6.45, 7) is 0.953. The van der Waals surface area contributed by atoms with Crippen LogP contribution < -0.4 is 4.18 Å². The Morgan fingerprint density at radius 3 is 2.41 bits per heavy atom. The van der Waals surface area contributed by atoms with Crippen molar-refractivity contribution in [2.24, 2.45) is 0 Å². The number of halogens is 7. The predicted molar refractivity (Wildman–Crippen MR) is 102 cm³/mol. The lowest BCUT2D eigenvalue weighted by Crippen LogP contribution is -2.30. The van der Waals surface area contributed by atoms with E-state index in [1.807, 2.05) is 0 Å². The fourth-order valence-electron chi connectivity index (χ4n) is 3.05. The van der Waals surface area contributed by atoms with E-state index in [-0.39, 0.29) is 28.4 Å². The molecule has 0 N–H and O–H groups in total. The van der Waals surface area contributed by atoms with Gasteiger partial charge in [-0.15, -0.1) is 0 Å². The van der Waals surface area contributed by atoms with Crippen LogP contribution in [-0.4, -0.2) is 30.1 Å². The van der Waals surface area contributed by atoms with E-state index in [1.165, 1.54) is 19.2 Å². The van der Waals surface area contributed by atoms with Gasteiger partial charge in [0.25, 0.3) is 0 Å². The highest BCUT2D eigenvalue weighted by atomic mass is 35.5. The van der Waals surface area contributed by atoms with E-state index in [1.54, 1.807) is 0 Å². The van der Waals surface area contributed by atoms with Crippen LogP contribution in [0, 0.1) is 6.92 Å². The highest BCUT2D eigenvalue weighted by Gasteiger charge is 2.49. The van der Waals surface area contributed by atoms with E-state index in [4.69, 9.17) is 16.3 Å². The predicted octanol–water partition coefficient (Wildman–Crippen LogP) is 5.22. The minimum Gasteiger partial charge on any atom is -0.368 e. The highest BCUT2D eigenvalue weighted by molar-refractivity contribution is 7.98. The minimum atomic E-state index is -6.03. The van der Waals surface area contributed by atoms with Crippen molar-refractivity contribution in [1.29, 1.82) is 0 Å². The molecule has 0 radical (unpaired) electrons. The molecule has 0 spiro atoms. The van der Waals surface area contributed by atoms with Gasteiger partial charge in [-0.1, -0.05) is 29.4 Å². The quantitative estimate of drug-likeness (QED) is 0.179. The van der Waals surface area contributed by atoms with Crippen LogP contribution in [0.25, 0.3) is 0 Å². The van der Waals surface area contributed by atoms with Gasteiger partial charge in [0.1, 0.15) is 0 Å². The van der Waals surface area contributed by atoms with Crippen LogP contribution in [0.15, 0.2) is 17.3 Å². The second-order valence-electron chi connectivity index (χ2n) is 6.64. The maximum atomic E-state index is 13.6. The molecule has 1 aliphatic heterocycles. The fourth-order valence-corrected chi connectivity index (χ4v) is 4.26. The number of aromatic nitrogens is 2. The molecule has 0 amide bonds. The maximum Gasteiger partial charge on any atom is 0.534 e. The molecule has 1 aliphatic rings. The standard InChI is InChI=1S/C17H13ClF6N2O4S2/c1-7-3-8(13(10(18)4-7)16(19,20)21)12-5-11-9(6-29-12)14(26-15(25-11)31-2)30-32(27,28)17(22,23)24/h3-4,12H,5-6H2,1-2H3. The number of nitrogens with zero attached hydrogens (tertiary/aromatic N) is 2. The average Bonchev–Trinajstić information content (AvgIpc) is 2.64. The van der Waals surface area contributed by atoms with Crippen LogP contribution in [0.1, 0.15) is 34.1 Å². The molecular weight excluding hydrogens is 510 g/mol. The smallest absolute Gasteiger partial charge is 0.368 e. The summed E-state index contributed by atoms with van der Waals surface area (Å²) in [5.41, 5.74) is -6.86. The lowest BCUT2D eigenvalue weighted by Gasteiger charge is -2.28. The number of aryl methyl sites for hydroxylation is 1. The van der Waals surface area contributed by atoms with E-state index in [0.29, 0.717) is 5.56 Å². The number of hydrogen-bond donors (Lipinski definition) is 0. The number of ether oxygens (including phenoxy) is 1. The third-order valence-corrected chi connectivity index (χ3v) is 6.18. The van der Waals surface area contributed by atoms with Gasteiger partial charge in [-0.05, 0) is 30.4 Å². The second-order valence-corrected chi connectivity index (χ2v) is 9.35. The van der Waals surface area contributed by atoms with Crippen LogP contribution in [-0.2, 0) is 34.1 Å². The molecule has 1 unspecified atom stereocenters. The Kier molecular flexibility index (Phi) is 6.63. The highest BCUT2D eigenvalue weighted by Crippen LogP contribution is 2.44. The Balaban J connectivity index is 2.07. The van der Waals surface area contributed by atoms with E-state index >= 15 is 0 Å². The Morgan fingerprint density at radius 1 is 1.19 bits per heavy atom. The first kappa shape index (κ1) is 24.9. The van der Waals surface area contributed by atoms with E-state index in [9.17, 15) is 34.8 Å². The Bertz CT molecular complexity index is 1160. The normalized spacial score (nSPS) is 17.2. The SMILES string of the molecule is CSc1nc2c(c(OS(=O)(=O)C(F)(F)F)n1)COC(c1cc(C)cc(Cl)c1C(F)(F)F)C2. The van der Waals surface area contributed by atoms with E-state index in [0.717, 1.165) is 17.8 Å². The third kappa shape index (κ3) is 4.92. The lowest BCUT2D eigenvalue weighted by molar-refractivity contribution is -0.139. The third-order valence-electron chi connectivity index (χ3n) is 4.39. The molecule has 0 fully saturated rings. The Morgan fingerprint density at radius 2 is 1.84 bits per heavy atom. The van der Waals surface area contributed by atoms with Crippen LogP contribution in [0.5, 0.6) is 5.88 Å². The van der Waals surface area contributed by atoms with E-state index < -0.39 is 51.0 Å². The van der Waals surface area contributed by atoms with Gasteiger partial charge in [-0.25, -0.2) is 4.98 Å². The molecule has 176 valence electrons. The minimum absolute atomic E-state index is 0.00118. The summed E-state index contributed by atoms with van der Waals surface area (Å²) >= 11 is 6.71. The molecule has 2 heterocycles. The Labute approximate surface area is 187 Å². The molecule has 0 saturated carbocycles. The number of fused-ring (bicyclic) bond motifs is 1. The van der Waals surface area contributed by atoms with Crippen molar-refractivity contribution in [3.63, 3.8) is 0 Å². The molecule has 2 aromatic rings. The van der Waals surface area contributed by atoms with E-state index in [2.05, 4.69) is 14.2 Å². The summed E-state index contributed by atoms with van der Waals surface area (Å²) in [5.74, 6) is -0.895. The summed E-state index contributed by atoms with van der Waals surface area (Å²) < 4.78 is 112. The van der Waals surface area contributed by atoms with Gasteiger partial charge < -0.3 is 8.92 Å². The number of benzene rings is 1. The van der Waals surface area contributed by atoms with Gasteiger partial charge in [-0.2, -0.15) is 39.7 Å². The monoisotopic (exact) mass is 522 g/mol. The first-order valence-electron chi connectivity index (χ1n) is 8.57. The largest absolute Gasteiger partial charge is 0.534 e. The number of rotatable bonds is 4. The molecular formula is C17H13ClF6N2O4S2. The average molecular weight is 523 g/mol. The van der Waals surface area contributed by atoms with Crippen molar-refractivity contribution in [2.75, 3.05) is 6.26 Å². The summed E-state index contributed by atoms with van der Waals surface area (Å²) in [6, 6.07) is 2.39. The van der Waals surface area contributed by atoms with Crippen molar-refractivity contribution >= 4 is 33.5 Å². The van der Waals surface area contributed by atoms with Crippen molar-refractivity contribution < 1.29 is 43.7 Å². The molecule has 0 saturated heterocycles.